The smallest absolute Gasteiger partial charge is 0.261 e. The molecule has 0 radical (unpaired) electrons. The van der Waals surface area contributed by atoms with E-state index in [1.165, 1.54) is 4.80 Å². The van der Waals surface area contributed by atoms with E-state index in [2.05, 4.69) is 20.1 Å². The number of aromatic nitrogens is 4. The van der Waals surface area contributed by atoms with E-state index in [0.29, 0.717) is 5.82 Å². The van der Waals surface area contributed by atoms with Gasteiger partial charge in [0.25, 0.3) is 6.43 Å². The molecule has 0 saturated carbocycles. The van der Waals surface area contributed by atoms with Crippen LogP contribution in [0.25, 0.3) is 0 Å². The molecule has 0 aliphatic rings. The first-order chi connectivity index (χ1) is 7.58. The van der Waals surface area contributed by atoms with Gasteiger partial charge >= 0.3 is 0 Å². The van der Waals surface area contributed by atoms with Crippen LogP contribution in [-0.2, 0) is 18.2 Å². The highest BCUT2D eigenvalue weighted by Crippen LogP contribution is 2.01. The summed E-state index contributed by atoms with van der Waals surface area (Å²) in [5.41, 5.74) is 0. The molecule has 1 atom stereocenters. The second-order valence-corrected chi connectivity index (χ2v) is 3.31. The molecule has 0 aliphatic carbocycles. The fraction of sp³-hybridized carbons (Fsp3) is 0.875. The minimum absolute atomic E-state index is 0.0891. The highest BCUT2D eigenvalue weighted by atomic mass is 19.3. The lowest BCUT2D eigenvalue weighted by atomic mass is 10.2. The predicted octanol–water partition coefficient (Wildman–Crippen LogP) is -0.215. The molecule has 1 rings (SSSR count). The normalized spacial score (nSPS) is 13.3. The van der Waals surface area contributed by atoms with Crippen LogP contribution >= 0.6 is 0 Å². The average Bonchev–Trinajstić information content (AvgIpc) is 2.58. The highest BCUT2D eigenvalue weighted by Gasteiger charge is 2.10. The van der Waals surface area contributed by atoms with Gasteiger partial charge < -0.3 is 9.84 Å². The Bertz CT molecular complexity index is 308. The molecule has 1 aromatic rings. The van der Waals surface area contributed by atoms with Gasteiger partial charge in [0.2, 0.25) is 0 Å². The third-order valence-electron chi connectivity index (χ3n) is 1.81. The first-order valence-electron chi connectivity index (χ1n) is 4.84. The molecular weight excluding hydrogens is 222 g/mol. The van der Waals surface area contributed by atoms with E-state index in [4.69, 9.17) is 0 Å². The zero-order valence-corrected chi connectivity index (χ0v) is 8.88. The number of aliphatic hydroxyl groups excluding tert-OH is 1. The van der Waals surface area contributed by atoms with Gasteiger partial charge in [-0.2, -0.15) is 4.80 Å². The number of hydrogen-bond acceptors (Lipinski definition) is 5. The molecule has 0 spiro atoms. The second-order valence-electron chi connectivity index (χ2n) is 3.31. The van der Waals surface area contributed by atoms with Crippen molar-refractivity contribution in [3.05, 3.63) is 5.82 Å². The molecule has 92 valence electrons. The number of alkyl halides is 2. The first-order valence-corrected chi connectivity index (χ1v) is 4.84. The molecule has 1 heterocycles. The fourth-order valence-electron chi connectivity index (χ4n) is 1.11. The van der Waals surface area contributed by atoms with Crippen molar-refractivity contribution in [2.45, 2.75) is 25.4 Å². The largest absolute Gasteiger partial charge is 0.393 e. The summed E-state index contributed by atoms with van der Waals surface area (Å²) in [4.78, 5) is 1.29. The molecule has 16 heavy (non-hydrogen) atoms. The summed E-state index contributed by atoms with van der Waals surface area (Å²) in [6.07, 6.45) is -2.67. The third-order valence-corrected chi connectivity index (χ3v) is 1.81. The molecular formula is C8H14F2N4O2. The van der Waals surface area contributed by atoms with Crippen molar-refractivity contribution in [2.24, 2.45) is 7.05 Å². The number of aryl methyl sites for hydroxylation is 1. The first kappa shape index (κ1) is 12.9. The summed E-state index contributed by atoms with van der Waals surface area (Å²) in [6, 6.07) is 0. The third kappa shape index (κ3) is 5.08. The van der Waals surface area contributed by atoms with Crippen molar-refractivity contribution in [1.29, 1.82) is 0 Å². The van der Waals surface area contributed by atoms with E-state index < -0.39 is 19.1 Å². The lowest BCUT2D eigenvalue weighted by Gasteiger charge is -2.08. The summed E-state index contributed by atoms with van der Waals surface area (Å²) in [6.45, 7) is -0.512. The van der Waals surface area contributed by atoms with Gasteiger partial charge in [0.15, 0.2) is 5.82 Å². The molecule has 0 saturated heterocycles. The van der Waals surface area contributed by atoms with E-state index in [9.17, 15) is 13.9 Å². The SMILES string of the molecule is Cn1nnc(CC(O)CCOCC(F)F)n1. The van der Waals surface area contributed by atoms with Crippen LogP contribution in [0.2, 0.25) is 0 Å². The number of nitrogens with zero attached hydrogens (tertiary/aromatic N) is 4. The van der Waals surface area contributed by atoms with Crippen LogP contribution < -0.4 is 0 Å². The standard InChI is InChI=1S/C8H14F2N4O2/c1-14-12-8(11-13-14)4-6(15)2-3-16-5-7(9)10/h6-7,15H,2-5H2,1H3. The van der Waals surface area contributed by atoms with E-state index in [0.717, 1.165) is 0 Å². The van der Waals surface area contributed by atoms with Gasteiger partial charge in [-0.15, -0.1) is 10.2 Å². The Morgan fingerprint density at radius 1 is 1.50 bits per heavy atom. The van der Waals surface area contributed by atoms with E-state index in [-0.39, 0.29) is 19.4 Å². The summed E-state index contributed by atoms with van der Waals surface area (Å²) >= 11 is 0. The Kier molecular flexibility index (Phi) is 5.20. The predicted molar refractivity (Wildman–Crippen MR) is 49.9 cm³/mol. The molecule has 6 nitrogen and oxygen atoms in total. The average molecular weight is 236 g/mol. The highest BCUT2D eigenvalue weighted by molar-refractivity contribution is 4.80. The van der Waals surface area contributed by atoms with Crippen LogP contribution in [0, 0.1) is 0 Å². The minimum Gasteiger partial charge on any atom is -0.393 e. The van der Waals surface area contributed by atoms with Gasteiger partial charge in [-0.1, -0.05) is 0 Å². The van der Waals surface area contributed by atoms with Crippen LogP contribution in [0.3, 0.4) is 0 Å². The summed E-state index contributed by atoms with van der Waals surface area (Å²) < 4.78 is 28.0. The van der Waals surface area contributed by atoms with Crippen LogP contribution in [0.15, 0.2) is 0 Å². The number of tetrazole rings is 1. The van der Waals surface area contributed by atoms with Gasteiger partial charge in [0, 0.05) is 13.0 Å². The molecule has 0 aromatic carbocycles. The molecule has 0 amide bonds. The molecule has 1 N–H and O–H groups in total. The number of ether oxygens (including phenoxy) is 1. The molecule has 1 unspecified atom stereocenters. The lowest BCUT2D eigenvalue weighted by Crippen LogP contribution is -2.16. The van der Waals surface area contributed by atoms with Gasteiger partial charge in [-0.05, 0) is 11.6 Å². The molecule has 0 bridgehead atoms. The fourth-order valence-corrected chi connectivity index (χ4v) is 1.11. The topological polar surface area (TPSA) is 73.1 Å². The summed E-state index contributed by atoms with van der Waals surface area (Å²) in [5, 5.41) is 20.7. The summed E-state index contributed by atoms with van der Waals surface area (Å²) in [7, 11) is 1.62. The zero-order valence-electron chi connectivity index (χ0n) is 8.88. The Balaban J connectivity index is 2.13. The van der Waals surface area contributed by atoms with Gasteiger partial charge in [-0.25, -0.2) is 8.78 Å². The van der Waals surface area contributed by atoms with Crippen molar-refractivity contribution in [2.75, 3.05) is 13.2 Å². The number of halogens is 2. The molecule has 8 heteroatoms. The van der Waals surface area contributed by atoms with Crippen LogP contribution in [0.1, 0.15) is 12.2 Å². The quantitative estimate of drug-likeness (QED) is 0.663. The van der Waals surface area contributed by atoms with Gasteiger partial charge in [0.1, 0.15) is 6.61 Å². The van der Waals surface area contributed by atoms with Crippen molar-refractivity contribution < 1.29 is 18.6 Å². The number of rotatable bonds is 7. The van der Waals surface area contributed by atoms with E-state index in [1.807, 2.05) is 0 Å². The lowest BCUT2D eigenvalue weighted by molar-refractivity contribution is 0.00494. The van der Waals surface area contributed by atoms with Crippen LogP contribution in [-0.4, -0.2) is 51.1 Å². The van der Waals surface area contributed by atoms with Gasteiger partial charge in [-0.3, -0.25) is 0 Å². The maximum absolute atomic E-state index is 11.7. The zero-order chi connectivity index (χ0) is 12.0. The summed E-state index contributed by atoms with van der Waals surface area (Å²) in [5.74, 6) is 0.420. The minimum atomic E-state index is -2.47. The Hall–Kier alpha value is -1.15. The van der Waals surface area contributed by atoms with Crippen LogP contribution in [0.5, 0.6) is 0 Å². The van der Waals surface area contributed by atoms with Crippen molar-refractivity contribution in [1.82, 2.24) is 20.2 Å². The Labute approximate surface area is 91.2 Å². The molecule has 0 aliphatic heterocycles. The van der Waals surface area contributed by atoms with Gasteiger partial charge in [0.05, 0.1) is 13.2 Å². The van der Waals surface area contributed by atoms with Crippen molar-refractivity contribution >= 4 is 0 Å². The van der Waals surface area contributed by atoms with Crippen molar-refractivity contribution in [3.8, 4) is 0 Å². The van der Waals surface area contributed by atoms with Crippen molar-refractivity contribution in [3.63, 3.8) is 0 Å². The second kappa shape index (κ2) is 6.44. The van der Waals surface area contributed by atoms with Crippen LogP contribution in [0.4, 0.5) is 8.78 Å². The Morgan fingerprint density at radius 2 is 2.25 bits per heavy atom. The maximum Gasteiger partial charge on any atom is 0.261 e. The van der Waals surface area contributed by atoms with E-state index in [1.54, 1.807) is 7.05 Å². The molecule has 1 aromatic heterocycles. The number of aliphatic hydroxyl groups is 1. The monoisotopic (exact) mass is 236 g/mol. The molecule has 0 fully saturated rings. The Morgan fingerprint density at radius 3 is 2.81 bits per heavy atom. The number of hydrogen-bond donors (Lipinski definition) is 1. The maximum atomic E-state index is 11.7. The van der Waals surface area contributed by atoms with E-state index >= 15 is 0 Å².